The van der Waals surface area contributed by atoms with Crippen molar-refractivity contribution >= 4 is 17.1 Å². The third-order valence-electron chi connectivity index (χ3n) is 6.91. The minimum absolute atomic E-state index is 0.0604. The molecule has 3 aromatic rings. The number of hydrogen-bond acceptors (Lipinski definition) is 7. The van der Waals surface area contributed by atoms with Gasteiger partial charge in [0.1, 0.15) is 17.4 Å². The molecule has 0 radical (unpaired) electrons. The van der Waals surface area contributed by atoms with Gasteiger partial charge >= 0.3 is 5.97 Å². The summed E-state index contributed by atoms with van der Waals surface area (Å²) in [6.07, 6.45) is 1.86. The summed E-state index contributed by atoms with van der Waals surface area (Å²) >= 11 is 0. The molecule has 1 aliphatic heterocycles. The number of aromatic nitrogens is 1. The van der Waals surface area contributed by atoms with Crippen LogP contribution in [0.4, 0.5) is 0 Å². The Hall–Kier alpha value is -3.37. The number of carbonyl (C=O) groups is 1. The van der Waals surface area contributed by atoms with Crippen molar-refractivity contribution in [2.45, 2.75) is 44.6 Å². The molecule has 4 rings (SSSR count). The van der Waals surface area contributed by atoms with Gasteiger partial charge in [-0.25, -0.2) is 4.98 Å². The van der Waals surface area contributed by atoms with Crippen molar-refractivity contribution in [3.05, 3.63) is 60.0 Å². The Kier molecular flexibility index (Phi) is 7.18. The second kappa shape index (κ2) is 10.3. The Labute approximate surface area is 200 Å². The van der Waals surface area contributed by atoms with Crippen molar-refractivity contribution in [2.24, 2.45) is 5.92 Å². The summed E-state index contributed by atoms with van der Waals surface area (Å²) in [5, 5.41) is 10.5. The van der Waals surface area contributed by atoms with Crippen molar-refractivity contribution in [3.63, 3.8) is 0 Å². The summed E-state index contributed by atoms with van der Waals surface area (Å²) in [6.45, 7) is 5.83. The van der Waals surface area contributed by atoms with Gasteiger partial charge < -0.3 is 18.8 Å². The van der Waals surface area contributed by atoms with Crippen LogP contribution in [0, 0.1) is 17.2 Å². The van der Waals surface area contributed by atoms with Crippen LogP contribution in [0.15, 0.2) is 52.9 Å². The molecule has 2 unspecified atom stereocenters. The van der Waals surface area contributed by atoms with Gasteiger partial charge in [0, 0.05) is 19.5 Å². The van der Waals surface area contributed by atoms with Gasteiger partial charge in [-0.15, -0.1) is 0 Å². The number of likely N-dealkylation sites (tertiary alicyclic amines) is 1. The highest BCUT2D eigenvalue weighted by Crippen LogP contribution is 2.43. The molecule has 0 amide bonds. The number of nitriles is 1. The van der Waals surface area contributed by atoms with E-state index in [1.165, 1.54) is 12.5 Å². The molecule has 1 aromatic heterocycles. The molecule has 2 heterocycles. The van der Waals surface area contributed by atoms with E-state index in [0.29, 0.717) is 22.7 Å². The van der Waals surface area contributed by atoms with Crippen LogP contribution in [0.3, 0.4) is 0 Å². The van der Waals surface area contributed by atoms with Gasteiger partial charge in [0.25, 0.3) is 0 Å². The molecule has 7 nitrogen and oxygen atoms in total. The maximum atomic E-state index is 11.9. The van der Waals surface area contributed by atoms with E-state index >= 15 is 0 Å². The van der Waals surface area contributed by atoms with Gasteiger partial charge in [0.2, 0.25) is 5.89 Å². The third kappa shape index (κ3) is 4.78. The number of rotatable bonds is 8. The highest BCUT2D eigenvalue weighted by atomic mass is 16.5. The molecule has 1 fully saturated rings. The van der Waals surface area contributed by atoms with Crippen molar-refractivity contribution in [2.75, 3.05) is 26.7 Å². The molecule has 34 heavy (non-hydrogen) atoms. The molecule has 0 saturated carbocycles. The number of hydrogen-bond donors (Lipinski definition) is 0. The first kappa shape index (κ1) is 23.8. The molecule has 1 aliphatic rings. The number of carbonyl (C=O) groups excluding carboxylic acids is 1. The van der Waals surface area contributed by atoms with E-state index in [2.05, 4.69) is 40.2 Å². The quantitative estimate of drug-likeness (QED) is 0.456. The zero-order valence-electron chi connectivity index (χ0n) is 20.0. The summed E-state index contributed by atoms with van der Waals surface area (Å²) in [5.74, 6) is 0.476. The molecule has 7 heteroatoms. The molecule has 0 aliphatic carbocycles. The molecule has 0 spiro atoms. The van der Waals surface area contributed by atoms with Gasteiger partial charge in [-0.2, -0.15) is 5.26 Å². The number of nitrogens with zero attached hydrogens (tertiary/aromatic N) is 3. The van der Waals surface area contributed by atoms with Crippen molar-refractivity contribution in [3.8, 4) is 11.8 Å². The number of methoxy groups -OCH3 is 1. The molecule has 2 aromatic carbocycles. The van der Waals surface area contributed by atoms with Gasteiger partial charge in [-0.05, 0) is 62.9 Å². The predicted molar refractivity (Wildman–Crippen MR) is 128 cm³/mol. The van der Waals surface area contributed by atoms with Crippen LogP contribution in [0.25, 0.3) is 11.1 Å². The van der Waals surface area contributed by atoms with E-state index in [1.807, 2.05) is 6.07 Å². The first-order valence-electron chi connectivity index (χ1n) is 11.8. The average molecular weight is 462 g/mol. The SMILES string of the molecule is COc1ccc2oc(C(C#N)(C3CCN(CCc4ccccc4)CC3)C(C)OC(C)=O)nc2c1. The van der Waals surface area contributed by atoms with Crippen LogP contribution in [0.1, 0.15) is 38.1 Å². The smallest absolute Gasteiger partial charge is 0.302 e. The predicted octanol–water partition coefficient (Wildman–Crippen LogP) is 4.50. The Morgan fingerprint density at radius 1 is 1.26 bits per heavy atom. The summed E-state index contributed by atoms with van der Waals surface area (Å²) in [6, 6.07) is 18.3. The van der Waals surface area contributed by atoms with Crippen LogP contribution in [0.5, 0.6) is 5.75 Å². The molecular formula is C27H31N3O4. The standard InChI is InChI=1S/C27H31N3O4/c1-19(33-20(2)31)27(18-28,26-29-24-17-23(32-3)9-10-25(24)34-26)22-12-15-30(16-13-22)14-11-21-7-5-4-6-8-21/h4-10,17,19,22H,11-16H2,1-3H3. The zero-order valence-corrected chi connectivity index (χ0v) is 20.0. The van der Waals surface area contributed by atoms with Crippen LogP contribution in [0.2, 0.25) is 0 Å². The topological polar surface area (TPSA) is 88.6 Å². The summed E-state index contributed by atoms with van der Waals surface area (Å²) in [5.41, 5.74) is 1.33. The first-order chi connectivity index (χ1) is 16.5. The lowest BCUT2D eigenvalue weighted by molar-refractivity contribution is -0.150. The molecular weight excluding hydrogens is 430 g/mol. The number of benzene rings is 2. The van der Waals surface area contributed by atoms with Crippen LogP contribution in [-0.2, 0) is 21.4 Å². The lowest BCUT2D eigenvalue weighted by atomic mass is 9.68. The highest BCUT2D eigenvalue weighted by Gasteiger charge is 2.52. The van der Waals surface area contributed by atoms with Gasteiger partial charge in [-0.3, -0.25) is 4.79 Å². The number of esters is 1. The van der Waals surface area contributed by atoms with Crippen LogP contribution in [-0.4, -0.2) is 48.7 Å². The van der Waals surface area contributed by atoms with Crippen molar-refractivity contribution in [1.82, 2.24) is 9.88 Å². The van der Waals surface area contributed by atoms with Crippen LogP contribution >= 0.6 is 0 Å². The molecule has 1 saturated heterocycles. The maximum absolute atomic E-state index is 11.9. The number of ether oxygens (including phenoxy) is 2. The summed E-state index contributed by atoms with van der Waals surface area (Å²) < 4.78 is 17.0. The lowest BCUT2D eigenvalue weighted by Crippen LogP contribution is -2.50. The number of piperidine rings is 1. The minimum Gasteiger partial charge on any atom is -0.497 e. The fourth-order valence-corrected chi connectivity index (χ4v) is 5.01. The Balaban J connectivity index is 1.58. The summed E-state index contributed by atoms with van der Waals surface area (Å²) in [4.78, 5) is 19.0. The first-order valence-corrected chi connectivity index (χ1v) is 11.8. The molecule has 0 N–H and O–H groups in total. The number of oxazole rings is 1. The molecule has 2 atom stereocenters. The van der Waals surface area contributed by atoms with Gasteiger partial charge in [0.05, 0.1) is 13.2 Å². The second-order valence-electron chi connectivity index (χ2n) is 8.94. The fourth-order valence-electron chi connectivity index (χ4n) is 5.01. The normalized spacial score (nSPS) is 17.6. The number of fused-ring (bicyclic) bond motifs is 1. The molecule has 0 bridgehead atoms. The Bertz CT molecular complexity index is 1160. The van der Waals surface area contributed by atoms with E-state index in [4.69, 9.17) is 13.9 Å². The Morgan fingerprint density at radius 3 is 2.65 bits per heavy atom. The Morgan fingerprint density at radius 2 is 2.00 bits per heavy atom. The largest absolute Gasteiger partial charge is 0.497 e. The van der Waals surface area contributed by atoms with E-state index < -0.39 is 17.5 Å². The van der Waals surface area contributed by atoms with E-state index in [-0.39, 0.29) is 5.92 Å². The lowest BCUT2D eigenvalue weighted by Gasteiger charge is -2.41. The monoisotopic (exact) mass is 461 g/mol. The van der Waals surface area contributed by atoms with E-state index in [9.17, 15) is 10.1 Å². The highest BCUT2D eigenvalue weighted by molar-refractivity contribution is 5.75. The van der Waals surface area contributed by atoms with Gasteiger partial charge in [0.15, 0.2) is 11.0 Å². The minimum atomic E-state index is -1.18. The molecule has 178 valence electrons. The van der Waals surface area contributed by atoms with E-state index in [1.54, 1.807) is 32.2 Å². The zero-order chi connectivity index (χ0) is 24.1. The fraction of sp³-hybridized carbons (Fsp3) is 0.444. The average Bonchev–Trinajstić information content (AvgIpc) is 3.28. The summed E-state index contributed by atoms with van der Waals surface area (Å²) in [7, 11) is 1.59. The second-order valence-corrected chi connectivity index (χ2v) is 8.94. The van der Waals surface area contributed by atoms with Crippen molar-refractivity contribution in [1.29, 1.82) is 5.26 Å². The van der Waals surface area contributed by atoms with E-state index in [0.717, 1.165) is 38.9 Å². The maximum Gasteiger partial charge on any atom is 0.302 e. The van der Waals surface area contributed by atoms with Crippen LogP contribution < -0.4 is 4.74 Å². The third-order valence-corrected chi connectivity index (χ3v) is 6.91. The van der Waals surface area contributed by atoms with Crippen molar-refractivity contribution < 1.29 is 18.7 Å². The van der Waals surface area contributed by atoms with Gasteiger partial charge in [-0.1, -0.05) is 30.3 Å².